The van der Waals surface area contributed by atoms with E-state index in [1.807, 2.05) is 11.3 Å². The first-order chi connectivity index (χ1) is 7.16. The molecule has 15 heavy (non-hydrogen) atoms. The van der Waals surface area contributed by atoms with Crippen molar-refractivity contribution < 1.29 is 0 Å². The number of nitrogens with two attached hydrogens (primary N) is 1. The van der Waals surface area contributed by atoms with Crippen LogP contribution in [0.25, 0.3) is 0 Å². The van der Waals surface area contributed by atoms with Crippen LogP contribution in [0.2, 0.25) is 0 Å². The van der Waals surface area contributed by atoms with Crippen LogP contribution in [-0.2, 0) is 19.3 Å². The highest BCUT2D eigenvalue weighted by Gasteiger charge is 2.15. The van der Waals surface area contributed by atoms with E-state index in [1.54, 1.807) is 10.4 Å². The molecule has 0 aromatic carbocycles. The molecule has 2 N–H and O–H groups in total. The summed E-state index contributed by atoms with van der Waals surface area (Å²) in [5.74, 6) is 0.587. The minimum Gasteiger partial charge on any atom is -0.327 e. The molecule has 1 aliphatic rings. The largest absolute Gasteiger partial charge is 0.327 e. The molecule has 1 nitrogen and oxygen atoms in total. The summed E-state index contributed by atoms with van der Waals surface area (Å²) in [6, 6.07) is 2.73. The van der Waals surface area contributed by atoms with Crippen LogP contribution in [0.4, 0.5) is 0 Å². The molecule has 0 fully saturated rings. The van der Waals surface area contributed by atoms with Crippen LogP contribution in [0, 0.1) is 5.92 Å². The summed E-state index contributed by atoms with van der Waals surface area (Å²) in [7, 11) is 0. The van der Waals surface area contributed by atoms with Gasteiger partial charge in [-0.2, -0.15) is 0 Å². The summed E-state index contributed by atoms with van der Waals surface area (Å²) in [5, 5.41) is 0. The lowest BCUT2D eigenvalue weighted by atomic mass is 9.97. The molecule has 1 unspecified atom stereocenters. The van der Waals surface area contributed by atoms with Crippen molar-refractivity contribution in [3.8, 4) is 0 Å². The molecular formula is C13H21NS. The van der Waals surface area contributed by atoms with E-state index in [4.69, 9.17) is 5.73 Å². The van der Waals surface area contributed by atoms with E-state index in [0.29, 0.717) is 12.0 Å². The minimum absolute atomic E-state index is 0.324. The van der Waals surface area contributed by atoms with Crippen LogP contribution in [0.1, 0.15) is 42.0 Å². The number of rotatable bonds is 3. The molecule has 2 heteroatoms. The molecular weight excluding hydrogens is 202 g/mol. The van der Waals surface area contributed by atoms with Gasteiger partial charge in [0.2, 0.25) is 0 Å². The van der Waals surface area contributed by atoms with E-state index < -0.39 is 0 Å². The summed E-state index contributed by atoms with van der Waals surface area (Å²) >= 11 is 2.00. The van der Waals surface area contributed by atoms with Crippen LogP contribution in [0.15, 0.2) is 6.07 Å². The zero-order valence-corrected chi connectivity index (χ0v) is 10.6. The first-order valence-electron chi connectivity index (χ1n) is 6.03. The average Bonchev–Trinajstić information content (AvgIpc) is 2.59. The quantitative estimate of drug-likeness (QED) is 0.837. The van der Waals surface area contributed by atoms with Crippen molar-refractivity contribution in [1.82, 2.24) is 0 Å². The number of thiophene rings is 1. The fourth-order valence-corrected chi connectivity index (χ4v) is 3.45. The Balaban J connectivity index is 2.06. The average molecular weight is 223 g/mol. The Bertz CT molecular complexity index is 304. The molecule has 0 saturated heterocycles. The second kappa shape index (κ2) is 4.67. The van der Waals surface area contributed by atoms with Crippen LogP contribution in [0.5, 0.6) is 0 Å². The van der Waals surface area contributed by atoms with Gasteiger partial charge in [0.15, 0.2) is 0 Å². The van der Waals surface area contributed by atoms with Crippen molar-refractivity contribution in [1.29, 1.82) is 0 Å². The van der Waals surface area contributed by atoms with Gasteiger partial charge in [0, 0.05) is 15.8 Å². The minimum atomic E-state index is 0.324. The van der Waals surface area contributed by atoms with Gasteiger partial charge >= 0.3 is 0 Å². The molecule has 2 rings (SSSR count). The second-order valence-electron chi connectivity index (χ2n) is 4.98. The molecule has 1 aromatic heterocycles. The predicted molar refractivity (Wildman–Crippen MR) is 67.5 cm³/mol. The molecule has 0 bridgehead atoms. The lowest BCUT2D eigenvalue weighted by Gasteiger charge is -2.13. The molecule has 0 amide bonds. The summed E-state index contributed by atoms with van der Waals surface area (Å²) in [4.78, 5) is 3.13. The zero-order valence-electron chi connectivity index (χ0n) is 9.75. The van der Waals surface area contributed by atoms with E-state index in [-0.39, 0.29) is 0 Å². The van der Waals surface area contributed by atoms with Crippen molar-refractivity contribution >= 4 is 11.3 Å². The summed E-state index contributed by atoms with van der Waals surface area (Å²) in [5.41, 5.74) is 7.72. The lowest BCUT2D eigenvalue weighted by molar-refractivity contribution is 0.493. The summed E-state index contributed by atoms with van der Waals surface area (Å²) < 4.78 is 0. The number of fused-ring (bicyclic) bond motifs is 1. The molecule has 1 atom stereocenters. The van der Waals surface area contributed by atoms with Crippen molar-refractivity contribution in [3.05, 3.63) is 21.4 Å². The summed E-state index contributed by atoms with van der Waals surface area (Å²) in [6.07, 6.45) is 6.41. The predicted octanol–water partition coefficient (Wildman–Crippen LogP) is 3.15. The maximum absolute atomic E-state index is 6.11. The fraction of sp³-hybridized carbons (Fsp3) is 0.692. The highest BCUT2D eigenvalue weighted by Crippen LogP contribution is 2.30. The monoisotopic (exact) mass is 223 g/mol. The molecule has 0 spiro atoms. The number of hydrogen-bond donors (Lipinski definition) is 1. The summed E-state index contributed by atoms with van der Waals surface area (Å²) in [6.45, 7) is 4.41. The normalized spacial score (nSPS) is 17.9. The first kappa shape index (κ1) is 11.2. The lowest BCUT2D eigenvalue weighted by Crippen LogP contribution is -2.28. The van der Waals surface area contributed by atoms with Gasteiger partial charge in [-0.15, -0.1) is 11.3 Å². The van der Waals surface area contributed by atoms with Gasteiger partial charge in [-0.1, -0.05) is 13.8 Å². The van der Waals surface area contributed by atoms with E-state index in [1.165, 1.54) is 30.6 Å². The Hall–Kier alpha value is -0.340. The molecule has 0 saturated carbocycles. The van der Waals surface area contributed by atoms with E-state index in [0.717, 1.165) is 6.42 Å². The number of hydrogen-bond acceptors (Lipinski definition) is 2. The van der Waals surface area contributed by atoms with Crippen molar-refractivity contribution in [2.45, 2.75) is 52.0 Å². The first-order valence-corrected chi connectivity index (χ1v) is 6.84. The smallest absolute Gasteiger partial charge is 0.0110 e. The van der Waals surface area contributed by atoms with Crippen LogP contribution in [-0.4, -0.2) is 6.04 Å². The van der Waals surface area contributed by atoms with E-state index in [9.17, 15) is 0 Å². The van der Waals surface area contributed by atoms with Crippen molar-refractivity contribution in [3.63, 3.8) is 0 Å². The molecule has 84 valence electrons. The standard InChI is InChI=1S/C13H21NS/c1-9(2)12(14)8-11-7-10-5-3-4-6-13(10)15-11/h7,9,12H,3-6,8,14H2,1-2H3. The SMILES string of the molecule is CC(C)C(N)Cc1cc2c(s1)CCCC2. The third-order valence-corrected chi connectivity index (χ3v) is 4.60. The van der Waals surface area contributed by atoms with Crippen molar-refractivity contribution in [2.75, 3.05) is 0 Å². The Morgan fingerprint density at radius 2 is 2.07 bits per heavy atom. The Morgan fingerprint density at radius 3 is 2.73 bits per heavy atom. The molecule has 1 heterocycles. The topological polar surface area (TPSA) is 26.0 Å². The van der Waals surface area contributed by atoms with Crippen LogP contribution >= 0.6 is 11.3 Å². The van der Waals surface area contributed by atoms with Gasteiger partial charge in [0.05, 0.1) is 0 Å². The van der Waals surface area contributed by atoms with Gasteiger partial charge in [-0.05, 0) is 49.7 Å². The Labute approximate surface area is 96.7 Å². The maximum Gasteiger partial charge on any atom is 0.0110 e. The molecule has 1 aromatic rings. The highest BCUT2D eigenvalue weighted by molar-refractivity contribution is 7.12. The Kier molecular flexibility index (Phi) is 3.47. The van der Waals surface area contributed by atoms with Gasteiger partial charge in [0.25, 0.3) is 0 Å². The van der Waals surface area contributed by atoms with Crippen molar-refractivity contribution in [2.24, 2.45) is 11.7 Å². The number of aryl methyl sites for hydroxylation is 2. The third kappa shape index (κ3) is 2.61. The van der Waals surface area contributed by atoms with Crippen LogP contribution in [0.3, 0.4) is 0 Å². The molecule has 1 aliphatic carbocycles. The van der Waals surface area contributed by atoms with E-state index in [2.05, 4.69) is 19.9 Å². The van der Waals surface area contributed by atoms with Gasteiger partial charge < -0.3 is 5.73 Å². The van der Waals surface area contributed by atoms with E-state index >= 15 is 0 Å². The third-order valence-electron chi connectivity index (χ3n) is 3.34. The zero-order chi connectivity index (χ0) is 10.8. The van der Waals surface area contributed by atoms with Crippen LogP contribution < -0.4 is 5.73 Å². The highest BCUT2D eigenvalue weighted by atomic mass is 32.1. The maximum atomic E-state index is 6.11. The second-order valence-corrected chi connectivity index (χ2v) is 6.20. The van der Waals surface area contributed by atoms with Gasteiger partial charge in [-0.3, -0.25) is 0 Å². The fourth-order valence-electron chi connectivity index (χ4n) is 2.12. The Morgan fingerprint density at radius 1 is 1.33 bits per heavy atom. The molecule has 0 radical (unpaired) electrons. The molecule has 0 aliphatic heterocycles. The van der Waals surface area contributed by atoms with Gasteiger partial charge in [0.1, 0.15) is 0 Å². The van der Waals surface area contributed by atoms with Gasteiger partial charge in [-0.25, -0.2) is 0 Å².